The minimum absolute atomic E-state index is 0.626. The van der Waals surface area contributed by atoms with Gasteiger partial charge in [-0.15, -0.1) is 0 Å². The van der Waals surface area contributed by atoms with Gasteiger partial charge in [-0.05, 0) is 19.3 Å². The largest absolute Gasteiger partial charge is 0.359 e. The Hall–Kier alpha value is -0.660. The lowest BCUT2D eigenvalue weighted by molar-refractivity contribution is 0.159. The Morgan fingerprint density at radius 1 is 0.714 bits per heavy atom. The van der Waals surface area contributed by atoms with Crippen molar-refractivity contribution in [1.29, 1.82) is 0 Å². The summed E-state index contributed by atoms with van der Waals surface area (Å²) >= 11 is 0. The minimum Gasteiger partial charge on any atom is -0.359 e. The molecule has 0 bridgehead atoms. The third-order valence-corrected chi connectivity index (χ3v) is 4.68. The van der Waals surface area contributed by atoms with E-state index in [1.807, 2.05) is 0 Å². The van der Waals surface area contributed by atoms with E-state index < -0.39 is 0 Å². The molecular weight excluding hydrogens is 256 g/mol. The first-order valence-corrected chi connectivity index (χ1v) is 9.45. The Morgan fingerprint density at radius 2 is 1.29 bits per heavy atom. The first kappa shape index (κ1) is 18.4. The van der Waals surface area contributed by atoms with Crippen molar-refractivity contribution >= 4 is 0 Å². The molecule has 0 aromatic carbocycles. The zero-order valence-corrected chi connectivity index (χ0v) is 14.8. The Labute approximate surface area is 133 Å². The lowest BCUT2D eigenvalue weighted by Gasteiger charge is -2.30. The first-order valence-electron chi connectivity index (χ1n) is 9.45. The molecule has 0 saturated heterocycles. The van der Waals surface area contributed by atoms with E-state index in [0.29, 0.717) is 6.17 Å². The summed E-state index contributed by atoms with van der Waals surface area (Å²) in [5.74, 6) is 0. The van der Waals surface area contributed by atoms with Gasteiger partial charge in [-0.25, -0.2) is 0 Å². The van der Waals surface area contributed by atoms with Gasteiger partial charge in [0, 0.05) is 26.0 Å². The molecule has 0 N–H and O–H groups in total. The molecule has 0 radical (unpaired) electrons. The lowest BCUT2D eigenvalue weighted by Crippen LogP contribution is -2.36. The van der Waals surface area contributed by atoms with E-state index in [1.54, 1.807) is 0 Å². The van der Waals surface area contributed by atoms with E-state index in [1.165, 1.54) is 83.6 Å². The summed E-state index contributed by atoms with van der Waals surface area (Å²) in [6.07, 6.45) is 21.8. The van der Waals surface area contributed by atoms with Crippen LogP contribution in [-0.4, -0.2) is 29.6 Å². The molecule has 1 rings (SSSR count). The fourth-order valence-corrected chi connectivity index (χ4v) is 3.22. The molecule has 1 heterocycles. The van der Waals surface area contributed by atoms with Crippen LogP contribution in [0.4, 0.5) is 0 Å². The number of rotatable bonds is 13. The molecule has 1 unspecified atom stereocenters. The fourth-order valence-electron chi connectivity index (χ4n) is 3.22. The molecule has 0 aromatic heterocycles. The molecule has 124 valence electrons. The average Bonchev–Trinajstić information content (AvgIpc) is 2.83. The predicted octanol–water partition coefficient (Wildman–Crippen LogP) is 5.75. The minimum atomic E-state index is 0.626. The van der Waals surface area contributed by atoms with E-state index in [0.717, 1.165) is 0 Å². The molecule has 1 aliphatic heterocycles. The fraction of sp³-hybridized carbons (Fsp3) is 0.895. The summed E-state index contributed by atoms with van der Waals surface area (Å²) in [5.41, 5.74) is 0. The van der Waals surface area contributed by atoms with E-state index in [4.69, 9.17) is 0 Å². The van der Waals surface area contributed by atoms with Crippen LogP contribution in [0, 0.1) is 0 Å². The van der Waals surface area contributed by atoms with Gasteiger partial charge in [-0.3, -0.25) is 0 Å². The molecule has 2 heteroatoms. The number of hydrogen-bond donors (Lipinski definition) is 0. The molecule has 1 aliphatic rings. The van der Waals surface area contributed by atoms with E-state index in [-0.39, 0.29) is 0 Å². The summed E-state index contributed by atoms with van der Waals surface area (Å²) < 4.78 is 0. The Bertz CT molecular complexity index is 262. The number of nitrogens with zero attached hydrogens (tertiary/aromatic N) is 2. The smallest absolute Gasteiger partial charge is 0.100 e. The van der Waals surface area contributed by atoms with Gasteiger partial charge >= 0.3 is 0 Å². The molecule has 2 nitrogen and oxygen atoms in total. The second kappa shape index (κ2) is 11.9. The molecule has 0 fully saturated rings. The first-order chi connectivity index (χ1) is 10.3. The third-order valence-electron chi connectivity index (χ3n) is 4.68. The van der Waals surface area contributed by atoms with Crippen LogP contribution in [0.2, 0.25) is 0 Å². The van der Waals surface area contributed by atoms with Crippen molar-refractivity contribution in [3.05, 3.63) is 12.4 Å². The maximum absolute atomic E-state index is 2.56. The lowest BCUT2D eigenvalue weighted by atomic mass is 10.1. The summed E-state index contributed by atoms with van der Waals surface area (Å²) in [5, 5.41) is 0. The standard InChI is InChI=1S/C19H38N2/c1-4-6-8-9-10-11-12-14-16-21-18-17-20(3)19(21)15-13-7-5-2/h17-19H,4-16H2,1-3H3. The van der Waals surface area contributed by atoms with Crippen LogP contribution in [0.3, 0.4) is 0 Å². The van der Waals surface area contributed by atoms with Gasteiger partial charge in [0.2, 0.25) is 0 Å². The maximum atomic E-state index is 2.56. The van der Waals surface area contributed by atoms with Gasteiger partial charge < -0.3 is 9.80 Å². The summed E-state index contributed by atoms with van der Waals surface area (Å²) in [7, 11) is 2.22. The van der Waals surface area contributed by atoms with Crippen LogP contribution in [0.25, 0.3) is 0 Å². The summed E-state index contributed by atoms with van der Waals surface area (Å²) in [6, 6.07) is 0. The van der Waals surface area contributed by atoms with E-state index >= 15 is 0 Å². The number of hydrogen-bond acceptors (Lipinski definition) is 2. The topological polar surface area (TPSA) is 6.48 Å². The third kappa shape index (κ3) is 7.78. The highest BCUT2D eigenvalue weighted by Crippen LogP contribution is 2.20. The van der Waals surface area contributed by atoms with Crippen molar-refractivity contribution < 1.29 is 0 Å². The van der Waals surface area contributed by atoms with Crippen LogP contribution in [0.5, 0.6) is 0 Å². The van der Waals surface area contributed by atoms with Crippen LogP contribution in [0.1, 0.15) is 90.9 Å². The molecule has 21 heavy (non-hydrogen) atoms. The van der Waals surface area contributed by atoms with Crippen molar-refractivity contribution in [3.8, 4) is 0 Å². The zero-order chi connectivity index (χ0) is 15.3. The van der Waals surface area contributed by atoms with Crippen molar-refractivity contribution in [3.63, 3.8) is 0 Å². The number of unbranched alkanes of at least 4 members (excludes halogenated alkanes) is 9. The Kier molecular flexibility index (Phi) is 10.5. The molecule has 1 atom stereocenters. The van der Waals surface area contributed by atoms with Crippen LogP contribution in [0.15, 0.2) is 12.4 Å². The predicted molar refractivity (Wildman–Crippen MR) is 94.1 cm³/mol. The molecule has 0 aliphatic carbocycles. The van der Waals surface area contributed by atoms with E-state index in [2.05, 4.69) is 43.1 Å². The quantitative estimate of drug-likeness (QED) is 0.399. The van der Waals surface area contributed by atoms with Gasteiger partial charge in [-0.2, -0.15) is 0 Å². The maximum Gasteiger partial charge on any atom is 0.100 e. The van der Waals surface area contributed by atoms with Crippen molar-refractivity contribution in [2.24, 2.45) is 0 Å². The second-order valence-electron chi connectivity index (χ2n) is 6.65. The SMILES string of the molecule is CCCCCCCCCCN1C=CN(C)C1CCCCC. The molecule has 0 amide bonds. The van der Waals surface area contributed by atoms with Gasteiger partial charge in [0.15, 0.2) is 0 Å². The van der Waals surface area contributed by atoms with Gasteiger partial charge in [0.1, 0.15) is 6.17 Å². The normalized spacial score (nSPS) is 18.0. The Morgan fingerprint density at radius 3 is 1.95 bits per heavy atom. The van der Waals surface area contributed by atoms with Gasteiger partial charge in [0.25, 0.3) is 0 Å². The summed E-state index contributed by atoms with van der Waals surface area (Å²) in [4.78, 5) is 4.95. The van der Waals surface area contributed by atoms with Crippen molar-refractivity contribution in [2.45, 2.75) is 97.1 Å². The van der Waals surface area contributed by atoms with Crippen LogP contribution in [-0.2, 0) is 0 Å². The van der Waals surface area contributed by atoms with Crippen LogP contribution < -0.4 is 0 Å². The van der Waals surface area contributed by atoms with Crippen molar-refractivity contribution in [2.75, 3.05) is 13.6 Å². The van der Waals surface area contributed by atoms with Gasteiger partial charge in [-0.1, -0.05) is 71.6 Å². The molecule has 0 spiro atoms. The van der Waals surface area contributed by atoms with E-state index in [9.17, 15) is 0 Å². The van der Waals surface area contributed by atoms with Crippen molar-refractivity contribution in [1.82, 2.24) is 9.80 Å². The highest BCUT2D eigenvalue weighted by Gasteiger charge is 2.22. The highest BCUT2D eigenvalue weighted by molar-refractivity contribution is 4.95. The molecular formula is C19H38N2. The summed E-state index contributed by atoms with van der Waals surface area (Å²) in [6.45, 7) is 5.82. The van der Waals surface area contributed by atoms with Crippen LogP contribution >= 0.6 is 0 Å². The zero-order valence-electron chi connectivity index (χ0n) is 14.8. The second-order valence-corrected chi connectivity index (χ2v) is 6.65. The monoisotopic (exact) mass is 294 g/mol. The van der Waals surface area contributed by atoms with Gasteiger partial charge in [0.05, 0.1) is 0 Å². The average molecular weight is 295 g/mol. The molecule has 0 saturated carbocycles. The Balaban J connectivity index is 2.05. The highest BCUT2D eigenvalue weighted by atomic mass is 15.4. The molecule has 0 aromatic rings.